The van der Waals surface area contributed by atoms with Gasteiger partial charge in [-0.25, -0.2) is 4.98 Å². The topological polar surface area (TPSA) is 122 Å². The quantitative estimate of drug-likeness (QED) is 0.382. The maximum absolute atomic E-state index is 13.2. The number of nitro groups is 1. The first-order chi connectivity index (χ1) is 16.6. The fraction of sp³-hybridized carbons (Fsp3) is 0.560. The van der Waals surface area contributed by atoms with Crippen LogP contribution < -0.4 is 5.32 Å². The summed E-state index contributed by atoms with van der Waals surface area (Å²) >= 11 is 7.81. The van der Waals surface area contributed by atoms with E-state index in [0.717, 1.165) is 28.8 Å². The van der Waals surface area contributed by atoms with E-state index in [1.165, 1.54) is 17.4 Å². The number of amides is 1. The molecule has 0 aliphatic heterocycles. The van der Waals surface area contributed by atoms with Crippen LogP contribution in [0.4, 0.5) is 10.8 Å². The van der Waals surface area contributed by atoms with Gasteiger partial charge in [0.15, 0.2) is 5.13 Å². The Bertz CT molecular complexity index is 1230. The van der Waals surface area contributed by atoms with Gasteiger partial charge in [0.25, 0.3) is 0 Å². The predicted octanol–water partition coefficient (Wildman–Crippen LogP) is 5.79. The van der Waals surface area contributed by atoms with Gasteiger partial charge >= 0.3 is 5.69 Å². The molecule has 1 aromatic carbocycles. The highest BCUT2D eigenvalue weighted by atomic mass is 35.5. The van der Waals surface area contributed by atoms with E-state index in [-0.39, 0.29) is 46.1 Å². The Labute approximate surface area is 212 Å². The molecule has 35 heavy (non-hydrogen) atoms. The van der Waals surface area contributed by atoms with Crippen LogP contribution in [0.25, 0.3) is 0 Å². The van der Waals surface area contributed by atoms with Crippen molar-refractivity contribution in [1.82, 2.24) is 4.98 Å². The molecule has 1 amide bonds. The van der Waals surface area contributed by atoms with Crippen molar-refractivity contribution >= 4 is 45.4 Å². The minimum atomic E-state index is -0.595. The lowest BCUT2D eigenvalue weighted by Gasteiger charge is -2.50. The largest absolute Gasteiger partial charge is 0.501 e. The van der Waals surface area contributed by atoms with Crippen LogP contribution in [0.1, 0.15) is 67.4 Å². The number of aryl methyl sites for hydroxylation is 1. The minimum absolute atomic E-state index is 0.0501. The first kappa shape index (κ1) is 24.2. The van der Waals surface area contributed by atoms with E-state index in [0.29, 0.717) is 37.2 Å². The summed E-state index contributed by atoms with van der Waals surface area (Å²) in [5.74, 6) is 0.139. The van der Waals surface area contributed by atoms with E-state index >= 15 is 0 Å². The molecule has 1 heterocycles. The van der Waals surface area contributed by atoms with Crippen LogP contribution in [0, 0.1) is 40.2 Å². The molecule has 3 aliphatic rings. The number of carbonyl (C=O) groups excluding carboxylic acids is 2. The molecule has 3 aliphatic carbocycles. The molecule has 0 saturated heterocycles. The zero-order valence-electron chi connectivity index (χ0n) is 19.7. The second-order valence-electron chi connectivity index (χ2n) is 10.4. The molecule has 3 unspecified atom stereocenters. The molecule has 186 valence electrons. The van der Waals surface area contributed by atoms with Gasteiger partial charge in [0.2, 0.25) is 11.7 Å². The highest BCUT2D eigenvalue weighted by Gasteiger charge is 2.58. The van der Waals surface area contributed by atoms with Gasteiger partial charge in [0, 0.05) is 35.4 Å². The van der Waals surface area contributed by atoms with E-state index in [1.807, 2.05) is 6.92 Å². The Balaban J connectivity index is 1.39. The molecule has 2 fully saturated rings. The smallest absolute Gasteiger partial charge is 0.312 e. The van der Waals surface area contributed by atoms with Crippen molar-refractivity contribution in [2.45, 2.75) is 64.7 Å². The van der Waals surface area contributed by atoms with Crippen LogP contribution in [0.2, 0.25) is 5.02 Å². The third kappa shape index (κ3) is 4.02. The van der Waals surface area contributed by atoms with Crippen LogP contribution in [-0.4, -0.2) is 26.7 Å². The van der Waals surface area contributed by atoms with Crippen LogP contribution in [0.15, 0.2) is 12.3 Å². The molecule has 0 spiro atoms. The standard InChI is InChI=1S/C25H28ClN3O5S/c1-12-11-27-24(35-12)28-20(31)6-3-13-9-19(30)25(2)8-7-14-15(21(13)25)4-5-16-17(14)10-18(29(33)34)23(32)22(16)26/h10-11,13-15,21,32H,3-9H2,1-2H3,(H,27,28,31)/t13-,14?,15?,21?,25-/m1/s1. The van der Waals surface area contributed by atoms with Crippen molar-refractivity contribution in [3.8, 4) is 5.75 Å². The molecule has 1 aromatic heterocycles. The van der Waals surface area contributed by atoms with Gasteiger partial charge < -0.3 is 10.4 Å². The number of fused-ring (bicyclic) bond motifs is 5. The number of nitrogens with zero attached hydrogens (tertiary/aromatic N) is 2. The molecule has 2 saturated carbocycles. The summed E-state index contributed by atoms with van der Waals surface area (Å²) in [4.78, 5) is 41.9. The Morgan fingerprint density at radius 1 is 1.43 bits per heavy atom. The number of phenols is 1. The zero-order chi connectivity index (χ0) is 25.1. The monoisotopic (exact) mass is 517 g/mol. The summed E-state index contributed by atoms with van der Waals surface area (Å²) in [7, 11) is 0. The number of Topliss-reactive ketones (excluding diaryl/α,β-unsaturated/α-hetero) is 1. The Morgan fingerprint density at radius 2 is 2.20 bits per heavy atom. The summed E-state index contributed by atoms with van der Waals surface area (Å²) < 4.78 is 0. The fourth-order valence-electron chi connectivity index (χ4n) is 7.03. The number of phenolic OH excluding ortho intramolecular Hbond substituents is 1. The SMILES string of the molecule is Cc1cnc(NC(=O)CC[C@@H]2CC(=O)[C@@]3(C)CCC4c5cc([N+](=O)[O-])c(O)c(Cl)c5CCC4C23)s1. The number of anilines is 1. The number of hydrogen-bond donors (Lipinski definition) is 2. The Hall–Kier alpha value is -2.52. The van der Waals surface area contributed by atoms with Crippen molar-refractivity contribution in [3.63, 3.8) is 0 Å². The lowest BCUT2D eigenvalue weighted by atomic mass is 9.54. The molecule has 5 atom stereocenters. The van der Waals surface area contributed by atoms with Gasteiger partial charge in [0.05, 0.1) is 9.95 Å². The van der Waals surface area contributed by atoms with Crippen molar-refractivity contribution < 1.29 is 19.6 Å². The highest BCUT2D eigenvalue weighted by Crippen LogP contribution is 2.63. The maximum Gasteiger partial charge on any atom is 0.312 e. The number of carbonyl (C=O) groups is 2. The summed E-state index contributed by atoms with van der Waals surface area (Å²) in [6.45, 7) is 4.00. The average molecular weight is 518 g/mol. The lowest BCUT2D eigenvalue weighted by Crippen LogP contribution is -2.44. The molecule has 8 nitrogen and oxygen atoms in total. The van der Waals surface area contributed by atoms with Crippen LogP contribution in [0.5, 0.6) is 5.75 Å². The normalized spacial score (nSPS) is 29.3. The number of rotatable bonds is 5. The molecular formula is C25H28ClN3O5S. The van der Waals surface area contributed by atoms with Crippen LogP contribution in [-0.2, 0) is 16.0 Å². The number of ketones is 1. The van der Waals surface area contributed by atoms with E-state index in [1.54, 1.807) is 6.20 Å². The van der Waals surface area contributed by atoms with Gasteiger partial charge in [-0.2, -0.15) is 0 Å². The first-order valence-corrected chi connectivity index (χ1v) is 13.2. The molecule has 2 aromatic rings. The number of aromatic hydroxyl groups is 1. The minimum Gasteiger partial charge on any atom is -0.501 e. The molecular weight excluding hydrogens is 490 g/mol. The van der Waals surface area contributed by atoms with E-state index in [9.17, 15) is 24.8 Å². The van der Waals surface area contributed by atoms with Gasteiger partial charge in [0.1, 0.15) is 5.78 Å². The zero-order valence-corrected chi connectivity index (χ0v) is 21.2. The van der Waals surface area contributed by atoms with Crippen molar-refractivity contribution in [2.24, 2.45) is 23.2 Å². The molecule has 10 heteroatoms. The first-order valence-electron chi connectivity index (χ1n) is 12.0. The van der Waals surface area contributed by atoms with E-state index < -0.39 is 16.1 Å². The van der Waals surface area contributed by atoms with E-state index in [2.05, 4.69) is 17.2 Å². The third-order valence-electron chi connectivity index (χ3n) is 8.57. The fourth-order valence-corrected chi connectivity index (χ4v) is 8.01. The number of nitrogens with one attached hydrogen (secondary N) is 1. The number of halogens is 1. The summed E-state index contributed by atoms with van der Waals surface area (Å²) in [5.41, 5.74) is 0.834. The van der Waals surface area contributed by atoms with Crippen LogP contribution in [0.3, 0.4) is 0 Å². The number of nitro benzene ring substituents is 1. The summed E-state index contributed by atoms with van der Waals surface area (Å²) in [6, 6.07) is 1.49. The second-order valence-corrected chi connectivity index (χ2v) is 12.0. The number of aromatic nitrogens is 1. The summed E-state index contributed by atoms with van der Waals surface area (Å²) in [6.07, 6.45) is 6.02. The molecule has 0 radical (unpaired) electrons. The lowest BCUT2D eigenvalue weighted by molar-refractivity contribution is -0.386. The van der Waals surface area contributed by atoms with Crippen molar-refractivity contribution in [2.75, 3.05) is 5.32 Å². The molecule has 2 N–H and O–H groups in total. The van der Waals surface area contributed by atoms with Gasteiger partial charge in [-0.1, -0.05) is 18.5 Å². The Kier molecular flexibility index (Phi) is 6.12. The predicted molar refractivity (Wildman–Crippen MR) is 133 cm³/mol. The molecule has 0 bridgehead atoms. The highest BCUT2D eigenvalue weighted by molar-refractivity contribution is 7.15. The van der Waals surface area contributed by atoms with Crippen LogP contribution >= 0.6 is 22.9 Å². The second kappa shape index (κ2) is 8.85. The van der Waals surface area contributed by atoms with Crippen molar-refractivity contribution in [3.05, 3.63) is 43.4 Å². The molecule has 5 rings (SSSR count). The van der Waals surface area contributed by atoms with Gasteiger partial charge in [-0.05, 0) is 73.8 Å². The van der Waals surface area contributed by atoms with Crippen molar-refractivity contribution in [1.29, 1.82) is 0 Å². The number of hydrogen-bond acceptors (Lipinski definition) is 7. The Morgan fingerprint density at radius 3 is 2.89 bits per heavy atom. The average Bonchev–Trinajstić information content (AvgIpc) is 3.33. The van der Waals surface area contributed by atoms with E-state index in [4.69, 9.17) is 11.6 Å². The number of benzene rings is 1. The summed E-state index contributed by atoms with van der Waals surface area (Å²) in [5, 5.41) is 25.3. The van der Waals surface area contributed by atoms with Gasteiger partial charge in [-0.15, -0.1) is 11.3 Å². The number of thiazole rings is 1. The third-order valence-corrected chi connectivity index (χ3v) is 9.81. The van der Waals surface area contributed by atoms with Gasteiger partial charge in [-0.3, -0.25) is 19.7 Å². The maximum atomic E-state index is 13.2.